The highest BCUT2D eigenvalue weighted by Gasteiger charge is 2.45. The van der Waals surface area contributed by atoms with Gasteiger partial charge in [0.2, 0.25) is 0 Å². The molecule has 0 fully saturated rings. The number of hydrogen-bond acceptors (Lipinski definition) is 6. The first-order chi connectivity index (χ1) is 17.1. The van der Waals surface area contributed by atoms with E-state index in [1.165, 1.54) is 0 Å². The highest BCUT2D eigenvalue weighted by molar-refractivity contribution is 5.88. The average Bonchev–Trinajstić information content (AvgIpc) is 2.83. The molecule has 3 rings (SSSR count). The molecule has 3 aromatic rings. The Labute approximate surface area is 209 Å². The second kappa shape index (κ2) is 11.3. The molecule has 0 aliphatic heterocycles. The van der Waals surface area contributed by atoms with Crippen molar-refractivity contribution in [3.8, 4) is 0 Å². The first kappa shape index (κ1) is 26.8. The summed E-state index contributed by atoms with van der Waals surface area (Å²) in [5.74, 6) is -4.34. The predicted octanol–water partition coefficient (Wildman–Crippen LogP) is 3.80. The molecule has 2 atom stereocenters. The number of rotatable bonds is 12. The lowest BCUT2D eigenvalue weighted by Crippen LogP contribution is -2.48. The fourth-order valence-corrected chi connectivity index (χ4v) is 4.38. The Balaban J connectivity index is 1.84. The van der Waals surface area contributed by atoms with Crippen LogP contribution < -0.4 is 0 Å². The van der Waals surface area contributed by atoms with Crippen LogP contribution >= 0.6 is 0 Å². The second-order valence-electron chi connectivity index (χ2n) is 9.14. The second-order valence-corrected chi connectivity index (χ2v) is 9.14. The van der Waals surface area contributed by atoms with E-state index in [9.17, 15) is 24.6 Å². The van der Waals surface area contributed by atoms with Gasteiger partial charge < -0.3 is 20.1 Å². The van der Waals surface area contributed by atoms with Gasteiger partial charge in [-0.1, -0.05) is 72.8 Å². The van der Waals surface area contributed by atoms with Crippen molar-refractivity contribution >= 4 is 28.7 Å². The zero-order valence-corrected chi connectivity index (χ0v) is 20.4. The van der Waals surface area contributed by atoms with Gasteiger partial charge in [0, 0.05) is 12.0 Å². The maximum absolute atomic E-state index is 13.0. The third kappa shape index (κ3) is 6.27. The minimum Gasteiger partial charge on any atom is -0.481 e. The van der Waals surface area contributed by atoms with E-state index < -0.39 is 42.1 Å². The molecule has 0 radical (unpaired) electrons. The van der Waals surface area contributed by atoms with Crippen LogP contribution in [0.15, 0.2) is 72.8 Å². The van der Waals surface area contributed by atoms with Crippen LogP contribution in [0.25, 0.3) is 10.8 Å². The molecule has 0 bridgehead atoms. The molecule has 0 spiro atoms. The van der Waals surface area contributed by atoms with Gasteiger partial charge in [-0.2, -0.15) is 0 Å². The van der Waals surface area contributed by atoms with E-state index in [4.69, 9.17) is 9.84 Å². The molecule has 0 aliphatic rings. The van der Waals surface area contributed by atoms with Gasteiger partial charge in [-0.25, -0.2) is 4.79 Å². The number of aliphatic carboxylic acids is 2. The van der Waals surface area contributed by atoms with E-state index in [2.05, 4.69) is 24.3 Å². The summed E-state index contributed by atoms with van der Waals surface area (Å²) in [5, 5.41) is 31.0. The molecule has 8 nitrogen and oxygen atoms in total. The molecule has 2 unspecified atom stereocenters. The number of aryl methyl sites for hydroxylation is 1. The highest BCUT2D eigenvalue weighted by atomic mass is 16.6. The standard InChI is InChI=1S/C28H31NO7/c1-29(2)28(23-12-4-3-5-13-23,36-25(32)19-27(35,26(33)34)18-24(30)31)16-8-9-20-14-15-21-10-6-7-11-22(21)17-20/h3-7,10-15,17,35H,8-9,16,18-19H2,1-2H3,(H,30,31)(H,33,34). The van der Waals surface area contributed by atoms with Crippen LogP contribution in [0.3, 0.4) is 0 Å². The van der Waals surface area contributed by atoms with Crippen LogP contribution in [-0.2, 0) is 31.3 Å². The van der Waals surface area contributed by atoms with Crippen molar-refractivity contribution in [1.82, 2.24) is 4.90 Å². The minimum atomic E-state index is -2.78. The number of carboxylic acids is 2. The highest BCUT2D eigenvalue weighted by Crippen LogP contribution is 2.35. The zero-order chi connectivity index (χ0) is 26.3. The maximum atomic E-state index is 13.0. The molecule has 0 heterocycles. The molecule has 3 aromatic carbocycles. The van der Waals surface area contributed by atoms with Crippen molar-refractivity contribution in [1.29, 1.82) is 0 Å². The normalized spacial score (nSPS) is 14.7. The summed E-state index contributed by atoms with van der Waals surface area (Å²) in [6.45, 7) is 0. The number of benzene rings is 3. The summed E-state index contributed by atoms with van der Waals surface area (Å²) in [6, 6.07) is 23.4. The van der Waals surface area contributed by atoms with E-state index in [-0.39, 0.29) is 0 Å². The quantitative estimate of drug-likeness (QED) is 0.257. The van der Waals surface area contributed by atoms with Crippen molar-refractivity contribution in [2.45, 2.75) is 43.4 Å². The number of carbonyl (C=O) groups is 3. The Hall–Kier alpha value is -3.75. The van der Waals surface area contributed by atoms with E-state index in [1.807, 2.05) is 48.5 Å². The van der Waals surface area contributed by atoms with Crippen molar-refractivity contribution in [2.24, 2.45) is 0 Å². The summed E-state index contributed by atoms with van der Waals surface area (Å²) in [4.78, 5) is 37.3. The topological polar surface area (TPSA) is 124 Å². The Bertz CT molecular complexity index is 1230. The fourth-order valence-electron chi connectivity index (χ4n) is 4.38. The maximum Gasteiger partial charge on any atom is 0.336 e. The molecular formula is C28H31NO7. The largest absolute Gasteiger partial charge is 0.481 e. The van der Waals surface area contributed by atoms with Gasteiger partial charge in [0.15, 0.2) is 11.3 Å². The Kier molecular flexibility index (Phi) is 8.45. The van der Waals surface area contributed by atoms with E-state index in [0.29, 0.717) is 24.8 Å². The van der Waals surface area contributed by atoms with Crippen LogP contribution in [0, 0.1) is 0 Å². The van der Waals surface area contributed by atoms with Crippen molar-refractivity contribution < 1.29 is 34.4 Å². The number of hydrogen-bond donors (Lipinski definition) is 3. The Morgan fingerprint density at radius 2 is 1.50 bits per heavy atom. The van der Waals surface area contributed by atoms with Gasteiger partial charge in [-0.3, -0.25) is 14.5 Å². The zero-order valence-electron chi connectivity index (χ0n) is 20.4. The van der Waals surface area contributed by atoms with E-state index in [0.717, 1.165) is 16.3 Å². The molecule has 3 N–H and O–H groups in total. The van der Waals surface area contributed by atoms with Crippen LogP contribution in [0.4, 0.5) is 0 Å². The fraction of sp³-hybridized carbons (Fsp3) is 0.321. The lowest BCUT2D eigenvalue weighted by molar-refractivity contribution is -0.194. The first-order valence-electron chi connectivity index (χ1n) is 11.7. The lowest BCUT2D eigenvalue weighted by atomic mass is 9.92. The van der Waals surface area contributed by atoms with E-state index >= 15 is 0 Å². The third-order valence-electron chi connectivity index (χ3n) is 6.30. The molecule has 0 aromatic heterocycles. The molecular weight excluding hydrogens is 462 g/mol. The number of nitrogens with zero attached hydrogens (tertiary/aromatic N) is 1. The number of carbonyl (C=O) groups excluding carboxylic acids is 1. The Morgan fingerprint density at radius 3 is 2.11 bits per heavy atom. The summed E-state index contributed by atoms with van der Waals surface area (Å²) in [7, 11) is 3.49. The average molecular weight is 494 g/mol. The number of aliphatic hydroxyl groups is 1. The monoisotopic (exact) mass is 493 g/mol. The summed E-state index contributed by atoms with van der Waals surface area (Å²) in [5.41, 5.74) is -2.22. The van der Waals surface area contributed by atoms with Crippen LogP contribution in [-0.4, -0.2) is 57.8 Å². The molecule has 36 heavy (non-hydrogen) atoms. The molecule has 0 saturated heterocycles. The van der Waals surface area contributed by atoms with Crippen LogP contribution in [0.1, 0.15) is 36.8 Å². The Morgan fingerprint density at radius 1 is 0.861 bits per heavy atom. The van der Waals surface area contributed by atoms with Crippen molar-refractivity contribution in [2.75, 3.05) is 14.1 Å². The lowest BCUT2D eigenvalue weighted by Gasteiger charge is -2.40. The summed E-state index contributed by atoms with van der Waals surface area (Å²) >= 11 is 0. The van der Waals surface area contributed by atoms with Crippen LogP contribution in [0.5, 0.6) is 0 Å². The molecule has 0 amide bonds. The number of fused-ring (bicyclic) bond motifs is 1. The van der Waals surface area contributed by atoms with Crippen LogP contribution in [0.2, 0.25) is 0 Å². The first-order valence-corrected chi connectivity index (χ1v) is 11.7. The molecule has 0 aliphatic carbocycles. The number of ether oxygens (including phenoxy) is 1. The van der Waals surface area contributed by atoms with Crippen molar-refractivity contribution in [3.63, 3.8) is 0 Å². The number of carboxylic acid groups (broad SMARTS) is 2. The summed E-state index contributed by atoms with van der Waals surface area (Å²) < 4.78 is 5.89. The van der Waals surface area contributed by atoms with Gasteiger partial charge in [0.25, 0.3) is 0 Å². The number of esters is 1. The molecule has 190 valence electrons. The van der Waals surface area contributed by atoms with Gasteiger partial charge in [-0.05, 0) is 43.3 Å². The SMILES string of the molecule is CN(C)C(CCCc1ccc2ccccc2c1)(OC(=O)CC(O)(CC(=O)O)C(=O)O)c1ccccc1. The van der Waals surface area contributed by atoms with Gasteiger partial charge in [0.05, 0.1) is 12.8 Å². The van der Waals surface area contributed by atoms with Gasteiger partial charge >= 0.3 is 17.9 Å². The van der Waals surface area contributed by atoms with Gasteiger partial charge in [-0.15, -0.1) is 0 Å². The third-order valence-corrected chi connectivity index (χ3v) is 6.30. The predicted molar refractivity (Wildman–Crippen MR) is 134 cm³/mol. The summed E-state index contributed by atoms with van der Waals surface area (Å²) in [6.07, 6.45) is -0.394. The molecule has 8 heteroatoms. The van der Waals surface area contributed by atoms with E-state index in [1.54, 1.807) is 19.0 Å². The van der Waals surface area contributed by atoms with Crippen molar-refractivity contribution in [3.05, 3.63) is 83.9 Å². The molecule has 0 saturated carbocycles. The van der Waals surface area contributed by atoms with Gasteiger partial charge in [0.1, 0.15) is 0 Å². The minimum absolute atomic E-state index is 0.382. The smallest absolute Gasteiger partial charge is 0.336 e.